The summed E-state index contributed by atoms with van der Waals surface area (Å²) in [5.74, 6) is 1.85. The molecule has 1 fully saturated rings. The van der Waals surface area contributed by atoms with Crippen LogP contribution in [0.25, 0.3) is 0 Å². The van der Waals surface area contributed by atoms with Gasteiger partial charge in [-0.15, -0.1) is 0 Å². The molecule has 0 aromatic heterocycles. The van der Waals surface area contributed by atoms with E-state index in [2.05, 4.69) is 43.4 Å². The first-order chi connectivity index (χ1) is 15.1. The highest BCUT2D eigenvalue weighted by atomic mass is 16.7. The fraction of sp³-hybridized carbons (Fsp3) is 0.480. The van der Waals surface area contributed by atoms with Gasteiger partial charge in [0.15, 0.2) is 17.5 Å². The Kier molecular flexibility index (Phi) is 7.10. The molecule has 4 rings (SSSR count). The molecule has 2 aromatic carbocycles. The zero-order chi connectivity index (χ0) is 21.6. The Balaban J connectivity index is 1.28. The summed E-state index contributed by atoms with van der Waals surface area (Å²) in [6.45, 7) is 9.70. The first kappa shape index (κ1) is 21.7. The number of hydrogen-bond donors (Lipinski definition) is 3. The van der Waals surface area contributed by atoms with Gasteiger partial charge in [-0.05, 0) is 37.1 Å². The van der Waals surface area contributed by atoms with Crippen LogP contribution in [0.5, 0.6) is 11.5 Å². The average Bonchev–Trinajstić information content (AvgIpc) is 3.27. The van der Waals surface area contributed by atoms with E-state index in [-0.39, 0.29) is 18.0 Å². The number of carbonyl (C=O) groups excluding carboxylic acids is 1. The van der Waals surface area contributed by atoms with Gasteiger partial charge in [0.2, 0.25) is 6.79 Å². The quantitative estimate of drug-likeness (QED) is 0.585. The zero-order valence-corrected chi connectivity index (χ0v) is 18.7. The zero-order valence-electron chi connectivity index (χ0n) is 18.7. The summed E-state index contributed by atoms with van der Waals surface area (Å²) in [7, 11) is 0. The van der Waals surface area contributed by atoms with Crippen molar-refractivity contribution in [3.8, 4) is 11.5 Å². The van der Waals surface area contributed by atoms with Crippen LogP contribution in [0.2, 0.25) is 0 Å². The smallest absolute Gasteiger partial charge is 0.278 e. The standard InChI is InChI=1S/C25H33N3O3/c1-3-7-22(21-8-5-4-6-9-21)26-25(29)19(2)28-14-12-27(13-15-28)17-20-10-11-23-24(16-20)31-18-30-23/h4-6,8-11,16,19,22H,3,7,12-15,17-18H2,1-2H3,(H,26,29)/p+2/t19-,22+/m1/s1. The number of carbonyl (C=O) groups is 1. The van der Waals surface area contributed by atoms with Crippen molar-refractivity contribution in [2.75, 3.05) is 33.0 Å². The van der Waals surface area contributed by atoms with Gasteiger partial charge >= 0.3 is 0 Å². The SMILES string of the molecule is CCC[C@H](NC(=O)[C@@H](C)[NH+]1CC[NH+](Cc2ccc3c(c2)OCO3)CC1)c1ccccc1. The van der Waals surface area contributed by atoms with Crippen molar-refractivity contribution < 1.29 is 24.1 Å². The van der Waals surface area contributed by atoms with Crippen LogP contribution in [-0.4, -0.2) is 44.9 Å². The van der Waals surface area contributed by atoms with E-state index >= 15 is 0 Å². The van der Waals surface area contributed by atoms with Gasteiger partial charge in [0.25, 0.3) is 5.91 Å². The Morgan fingerprint density at radius 2 is 1.77 bits per heavy atom. The molecule has 2 aromatic rings. The van der Waals surface area contributed by atoms with Gasteiger partial charge in [-0.3, -0.25) is 4.79 Å². The van der Waals surface area contributed by atoms with E-state index in [1.165, 1.54) is 16.0 Å². The minimum atomic E-state index is -0.0323. The van der Waals surface area contributed by atoms with Gasteiger partial charge in [-0.1, -0.05) is 43.7 Å². The fourth-order valence-electron chi connectivity index (χ4n) is 4.65. The normalized spacial score (nSPS) is 22.0. The van der Waals surface area contributed by atoms with Gasteiger partial charge in [0.1, 0.15) is 32.7 Å². The summed E-state index contributed by atoms with van der Waals surface area (Å²) in [5, 5.41) is 3.31. The predicted molar refractivity (Wildman–Crippen MR) is 119 cm³/mol. The Bertz CT molecular complexity index is 866. The van der Waals surface area contributed by atoms with E-state index in [1.807, 2.05) is 24.3 Å². The number of hydrogen-bond acceptors (Lipinski definition) is 3. The van der Waals surface area contributed by atoms with Gasteiger partial charge < -0.3 is 24.6 Å². The highest BCUT2D eigenvalue weighted by Crippen LogP contribution is 2.32. The maximum absolute atomic E-state index is 13.0. The molecule has 2 aliphatic heterocycles. The number of fused-ring (bicyclic) bond motifs is 1. The Morgan fingerprint density at radius 1 is 1.03 bits per heavy atom. The first-order valence-corrected chi connectivity index (χ1v) is 11.6. The minimum absolute atomic E-state index is 0.0323. The first-order valence-electron chi connectivity index (χ1n) is 11.6. The molecule has 0 spiro atoms. The molecule has 6 nitrogen and oxygen atoms in total. The van der Waals surface area contributed by atoms with E-state index in [4.69, 9.17) is 9.47 Å². The third-order valence-electron chi connectivity index (χ3n) is 6.59. The molecular formula is C25H35N3O3+2. The molecule has 1 saturated heterocycles. The maximum atomic E-state index is 13.0. The van der Waals surface area contributed by atoms with Crippen LogP contribution in [0.4, 0.5) is 0 Å². The molecular weight excluding hydrogens is 390 g/mol. The second-order valence-electron chi connectivity index (χ2n) is 8.75. The van der Waals surface area contributed by atoms with Crippen molar-refractivity contribution in [2.24, 2.45) is 0 Å². The highest BCUT2D eigenvalue weighted by Gasteiger charge is 2.32. The summed E-state index contributed by atoms with van der Waals surface area (Å²) >= 11 is 0. The number of rotatable bonds is 8. The molecule has 0 bridgehead atoms. The molecule has 2 aliphatic rings. The molecule has 0 radical (unpaired) electrons. The van der Waals surface area contributed by atoms with Gasteiger partial charge in [0, 0.05) is 5.56 Å². The molecule has 2 heterocycles. The highest BCUT2D eigenvalue weighted by molar-refractivity contribution is 5.80. The molecule has 0 aliphatic carbocycles. The van der Waals surface area contributed by atoms with Crippen molar-refractivity contribution in [3.05, 3.63) is 59.7 Å². The van der Waals surface area contributed by atoms with E-state index in [1.54, 1.807) is 4.90 Å². The van der Waals surface area contributed by atoms with Crippen LogP contribution in [0, 0.1) is 0 Å². The van der Waals surface area contributed by atoms with Crippen molar-refractivity contribution in [3.63, 3.8) is 0 Å². The number of benzene rings is 2. The molecule has 0 unspecified atom stereocenters. The van der Waals surface area contributed by atoms with Crippen molar-refractivity contribution in [1.82, 2.24) is 5.32 Å². The topological polar surface area (TPSA) is 56.4 Å². The van der Waals surface area contributed by atoms with Crippen molar-refractivity contribution in [2.45, 2.75) is 45.3 Å². The lowest BCUT2D eigenvalue weighted by Gasteiger charge is -2.33. The monoisotopic (exact) mass is 425 g/mol. The van der Waals surface area contributed by atoms with E-state index in [9.17, 15) is 4.79 Å². The molecule has 1 amide bonds. The maximum Gasteiger partial charge on any atom is 0.278 e. The fourth-order valence-corrected chi connectivity index (χ4v) is 4.65. The number of ether oxygens (including phenoxy) is 2. The average molecular weight is 426 g/mol. The van der Waals surface area contributed by atoms with Crippen molar-refractivity contribution >= 4 is 5.91 Å². The van der Waals surface area contributed by atoms with E-state index in [0.29, 0.717) is 6.79 Å². The number of nitrogens with one attached hydrogen (secondary N) is 3. The number of quaternary nitrogens is 2. The summed E-state index contributed by atoms with van der Waals surface area (Å²) in [4.78, 5) is 16.0. The minimum Gasteiger partial charge on any atom is -0.454 e. The summed E-state index contributed by atoms with van der Waals surface area (Å²) in [5.41, 5.74) is 2.47. The molecule has 3 N–H and O–H groups in total. The van der Waals surface area contributed by atoms with E-state index in [0.717, 1.165) is 57.1 Å². The lowest BCUT2D eigenvalue weighted by molar-refractivity contribution is -1.02. The largest absolute Gasteiger partial charge is 0.454 e. The second-order valence-corrected chi connectivity index (χ2v) is 8.75. The van der Waals surface area contributed by atoms with Crippen LogP contribution in [0.15, 0.2) is 48.5 Å². The Morgan fingerprint density at radius 3 is 2.52 bits per heavy atom. The van der Waals surface area contributed by atoms with Gasteiger partial charge in [-0.2, -0.15) is 0 Å². The van der Waals surface area contributed by atoms with E-state index < -0.39 is 0 Å². The number of piperazine rings is 1. The molecule has 166 valence electrons. The second kappa shape index (κ2) is 10.2. The molecule has 2 atom stereocenters. The predicted octanol–water partition coefficient (Wildman–Crippen LogP) is 0.745. The van der Waals surface area contributed by atoms with Gasteiger partial charge in [-0.25, -0.2) is 0 Å². The van der Waals surface area contributed by atoms with Crippen LogP contribution in [0.3, 0.4) is 0 Å². The summed E-state index contributed by atoms with van der Waals surface area (Å²) < 4.78 is 10.9. The van der Waals surface area contributed by atoms with Crippen LogP contribution >= 0.6 is 0 Å². The third-order valence-corrected chi connectivity index (χ3v) is 6.59. The Labute approximate surface area is 185 Å². The van der Waals surface area contributed by atoms with Crippen LogP contribution in [0.1, 0.15) is 43.9 Å². The lowest BCUT2D eigenvalue weighted by Crippen LogP contribution is -3.29. The number of amides is 1. The van der Waals surface area contributed by atoms with Crippen LogP contribution < -0.4 is 24.6 Å². The molecule has 0 saturated carbocycles. The molecule has 6 heteroatoms. The Hall–Kier alpha value is -2.57. The van der Waals surface area contributed by atoms with Crippen LogP contribution in [-0.2, 0) is 11.3 Å². The summed E-state index contributed by atoms with van der Waals surface area (Å²) in [6, 6.07) is 16.6. The molecule has 31 heavy (non-hydrogen) atoms. The van der Waals surface area contributed by atoms with Gasteiger partial charge in [0.05, 0.1) is 6.04 Å². The summed E-state index contributed by atoms with van der Waals surface area (Å²) in [6.07, 6.45) is 2.01. The van der Waals surface area contributed by atoms with Crippen molar-refractivity contribution in [1.29, 1.82) is 0 Å². The lowest BCUT2D eigenvalue weighted by atomic mass is 10.0. The third kappa shape index (κ3) is 5.38.